The summed E-state index contributed by atoms with van der Waals surface area (Å²) in [4.78, 5) is 7.77. The quantitative estimate of drug-likeness (QED) is 0.655. The largest absolute Gasteiger partial charge is 0.416 e. The monoisotopic (exact) mass is 280 g/mol. The van der Waals surface area contributed by atoms with Gasteiger partial charge in [0.05, 0.1) is 5.56 Å². The van der Waals surface area contributed by atoms with Crippen molar-refractivity contribution in [3.63, 3.8) is 0 Å². The molecule has 0 unspecified atom stereocenters. The van der Waals surface area contributed by atoms with Crippen LogP contribution in [0.25, 0.3) is 11.1 Å². The third-order valence-corrected chi connectivity index (χ3v) is 2.52. The SMILES string of the molecule is NC(N)=Nc1ncccc1-c1cccc(C(F)(F)F)c1. The van der Waals surface area contributed by atoms with Gasteiger partial charge in [-0.25, -0.2) is 4.98 Å². The van der Waals surface area contributed by atoms with Crippen molar-refractivity contribution in [1.82, 2.24) is 4.98 Å². The normalized spacial score (nSPS) is 11.2. The average Bonchev–Trinajstić information content (AvgIpc) is 2.38. The molecule has 4 N–H and O–H groups in total. The first-order chi connectivity index (χ1) is 9.38. The lowest BCUT2D eigenvalue weighted by Gasteiger charge is -2.10. The maximum Gasteiger partial charge on any atom is 0.416 e. The molecule has 4 nitrogen and oxygen atoms in total. The second kappa shape index (κ2) is 5.20. The molecule has 0 saturated carbocycles. The van der Waals surface area contributed by atoms with E-state index in [0.29, 0.717) is 11.1 Å². The molecule has 1 heterocycles. The van der Waals surface area contributed by atoms with Gasteiger partial charge in [-0.3, -0.25) is 0 Å². The predicted octanol–water partition coefficient (Wildman–Crippen LogP) is 2.67. The first kappa shape index (κ1) is 13.9. The van der Waals surface area contributed by atoms with Gasteiger partial charge in [0.2, 0.25) is 0 Å². The van der Waals surface area contributed by atoms with Crippen molar-refractivity contribution in [2.24, 2.45) is 16.5 Å². The molecule has 104 valence electrons. The van der Waals surface area contributed by atoms with E-state index in [2.05, 4.69) is 9.98 Å². The number of alkyl halides is 3. The molecular weight excluding hydrogens is 269 g/mol. The zero-order valence-electron chi connectivity index (χ0n) is 10.2. The van der Waals surface area contributed by atoms with Crippen molar-refractivity contribution in [3.8, 4) is 11.1 Å². The second-order valence-corrected chi connectivity index (χ2v) is 3.99. The number of aromatic nitrogens is 1. The lowest BCUT2D eigenvalue weighted by molar-refractivity contribution is -0.137. The van der Waals surface area contributed by atoms with E-state index in [-0.39, 0.29) is 11.8 Å². The molecule has 0 aliphatic rings. The van der Waals surface area contributed by atoms with Gasteiger partial charge in [0, 0.05) is 11.8 Å². The molecule has 2 aromatic rings. The van der Waals surface area contributed by atoms with E-state index in [1.807, 2.05) is 0 Å². The summed E-state index contributed by atoms with van der Waals surface area (Å²) < 4.78 is 38.1. The van der Waals surface area contributed by atoms with Crippen LogP contribution >= 0.6 is 0 Å². The maximum absolute atomic E-state index is 12.7. The summed E-state index contributed by atoms with van der Waals surface area (Å²) in [7, 11) is 0. The number of guanidine groups is 1. The van der Waals surface area contributed by atoms with E-state index in [0.717, 1.165) is 12.1 Å². The molecule has 0 amide bonds. The molecule has 1 aromatic carbocycles. The minimum Gasteiger partial charge on any atom is -0.370 e. The Morgan fingerprint density at radius 1 is 1.10 bits per heavy atom. The van der Waals surface area contributed by atoms with Crippen LogP contribution in [0.4, 0.5) is 19.0 Å². The zero-order chi connectivity index (χ0) is 14.8. The van der Waals surface area contributed by atoms with Gasteiger partial charge < -0.3 is 11.5 Å². The topological polar surface area (TPSA) is 77.3 Å². The molecule has 0 atom stereocenters. The van der Waals surface area contributed by atoms with Gasteiger partial charge in [-0.2, -0.15) is 18.2 Å². The molecule has 20 heavy (non-hydrogen) atoms. The fourth-order valence-corrected chi connectivity index (χ4v) is 1.70. The van der Waals surface area contributed by atoms with Gasteiger partial charge in [0.25, 0.3) is 0 Å². The van der Waals surface area contributed by atoms with Gasteiger partial charge in [-0.1, -0.05) is 12.1 Å². The van der Waals surface area contributed by atoms with Crippen molar-refractivity contribution in [2.75, 3.05) is 0 Å². The van der Waals surface area contributed by atoms with Crippen LogP contribution in [0.15, 0.2) is 47.6 Å². The smallest absolute Gasteiger partial charge is 0.370 e. The number of hydrogen-bond donors (Lipinski definition) is 2. The first-order valence-corrected chi connectivity index (χ1v) is 5.60. The van der Waals surface area contributed by atoms with E-state index in [4.69, 9.17) is 11.5 Å². The highest BCUT2D eigenvalue weighted by molar-refractivity contribution is 5.83. The Morgan fingerprint density at radius 3 is 2.50 bits per heavy atom. The lowest BCUT2D eigenvalue weighted by Crippen LogP contribution is -2.22. The number of hydrogen-bond acceptors (Lipinski definition) is 2. The molecule has 0 aliphatic carbocycles. The zero-order valence-corrected chi connectivity index (χ0v) is 10.2. The fraction of sp³-hybridized carbons (Fsp3) is 0.0769. The number of pyridine rings is 1. The summed E-state index contributed by atoms with van der Waals surface area (Å²) in [5.41, 5.74) is 10.6. The molecular formula is C13H11F3N4. The van der Waals surface area contributed by atoms with Crippen LogP contribution in [0, 0.1) is 0 Å². The van der Waals surface area contributed by atoms with Crippen LogP contribution in [0.3, 0.4) is 0 Å². The number of halogens is 3. The highest BCUT2D eigenvalue weighted by Crippen LogP contribution is 2.34. The molecule has 0 fully saturated rings. The van der Waals surface area contributed by atoms with Gasteiger partial charge in [-0.05, 0) is 29.8 Å². The van der Waals surface area contributed by atoms with Gasteiger partial charge in [0.1, 0.15) is 0 Å². The van der Waals surface area contributed by atoms with Crippen LogP contribution in [-0.4, -0.2) is 10.9 Å². The predicted molar refractivity (Wildman–Crippen MR) is 70.1 cm³/mol. The highest BCUT2D eigenvalue weighted by Gasteiger charge is 2.30. The number of rotatable bonds is 2. The Kier molecular flexibility index (Phi) is 3.60. The third-order valence-electron chi connectivity index (χ3n) is 2.52. The minimum absolute atomic E-state index is 0.173. The van der Waals surface area contributed by atoms with Gasteiger partial charge in [-0.15, -0.1) is 0 Å². The highest BCUT2D eigenvalue weighted by atomic mass is 19.4. The van der Waals surface area contributed by atoms with E-state index in [9.17, 15) is 13.2 Å². The second-order valence-electron chi connectivity index (χ2n) is 3.99. The van der Waals surface area contributed by atoms with E-state index in [1.54, 1.807) is 12.1 Å². The van der Waals surface area contributed by atoms with Crippen molar-refractivity contribution in [1.29, 1.82) is 0 Å². The molecule has 0 bridgehead atoms. The van der Waals surface area contributed by atoms with Crippen LogP contribution in [0.5, 0.6) is 0 Å². The number of benzene rings is 1. The summed E-state index contributed by atoms with van der Waals surface area (Å²) in [6, 6.07) is 8.09. The van der Waals surface area contributed by atoms with Crippen LogP contribution in [-0.2, 0) is 6.18 Å². The Labute approximate surface area is 113 Å². The molecule has 0 aliphatic heterocycles. The number of nitrogens with two attached hydrogens (primary N) is 2. The minimum atomic E-state index is -4.41. The Morgan fingerprint density at radius 2 is 1.85 bits per heavy atom. The molecule has 0 spiro atoms. The lowest BCUT2D eigenvalue weighted by atomic mass is 10.0. The van der Waals surface area contributed by atoms with Gasteiger partial charge >= 0.3 is 6.18 Å². The molecule has 2 rings (SSSR count). The third kappa shape index (κ3) is 3.05. The van der Waals surface area contributed by atoms with Crippen LogP contribution < -0.4 is 11.5 Å². The van der Waals surface area contributed by atoms with Crippen molar-refractivity contribution >= 4 is 11.8 Å². The molecule has 7 heteroatoms. The summed E-state index contributed by atoms with van der Waals surface area (Å²) in [5.74, 6) is -0.0382. The Hall–Kier alpha value is -2.57. The van der Waals surface area contributed by atoms with Crippen molar-refractivity contribution in [3.05, 3.63) is 48.2 Å². The number of nitrogens with zero attached hydrogens (tertiary/aromatic N) is 2. The summed E-state index contributed by atoms with van der Waals surface area (Å²) in [6.07, 6.45) is -2.95. The maximum atomic E-state index is 12.7. The molecule has 0 saturated heterocycles. The van der Waals surface area contributed by atoms with E-state index in [1.165, 1.54) is 18.3 Å². The van der Waals surface area contributed by atoms with Crippen LogP contribution in [0.1, 0.15) is 5.56 Å². The molecule has 0 radical (unpaired) electrons. The van der Waals surface area contributed by atoms with Crippen molar-refractivity contribution in [2.45, 2.75) is 6.18 Å². The van der Waals surface area contributed by atoms with E-state index < -0.39 is 11.7 Å². The Balaban J connectivity index is 2.55. The number of aliphatic imine (C=N–C) groups is 1. The standard InChI is InChI=1S/C13H11F3N4/c14-13(15,16)9-4-1-3-8(7-9)10-5-2-6-19-11(10)20-12(17)18/h1-7H,(H4,17,18,19,20). The average molecular weight is 280 g/mol. The summed E-state index contributed by atoms with van der Waals surface area (Å²) >= 11 is 0. The van der Waals surface area contributed by atoms with Gasteiger partial charge in [0.15, 0.2) is 11.8 Å². The first-order valence-electron chi connectivity index (χ1n) is 5.60. The fourth-order valence-electron chi connectivity index (χ4n) is 1.70. The molecule has 1 aromatic heterocycles. The summed E-state index contributed by atoms with van der Waals surface area (Å²) in [5, 5.41) is 0. The summed E-state index contributed by atoms with van der Waals surface area (Å²) in [6.45, 7) is 0. The van der Waals surface area contributed by atoms with E-state index >= 15 is 0 Å². The Bertz CT molecular complexity index is 646. The van der Waals surface area contributed by atoms with Crippen molar-refractivity contribution < 1.29 is 13.2 Å². The van der Waals surface area contributed by atoms with Crippen LogP contribution in [0.2, 0.25) is 0 Å².